The first kappa shape index (κ1) is 14.0. The van der Waals surface area contributed by atoms with Crippen molar-refractivity contribution in [3.05, 3.63) is 32.8 Å². The van der Waals surface area contributed by atoms with Crippen molar-refractivity contribution >= 4 is 17.3 Å². The molecule has 0 saturated carbocycles. The Bertz CT molecular complexity index is 489. The van der Waals surface area contributed by atoms with E-state index in [2.05, 4.69) is 10.2 Å². The highest BCUT2D eigenvalue weighted by atomic mass is 35.5. The molecule has 0 amide bonds. The second-order valence-corrected chi connectivity index (χ2v) is 4.96. The number of hydrogen-bond donors (Lipinski definition) is 2. The lowest BCUT2D eigenvalue weighted by molar-refractivity contribution is -0.386. The smallest absolute Gasteiger partial charge is 0.278 e. The minimum atomic E-state index is -0.482. The van der Waals surface area contributed by atoms with E-state index in [0.29, 0.717) is 5.56 Å². The Kier molecular flexibility index (Phi) is 4.24. The van der Waals surface area contributed by atoms with Crippen LogP contribution in [0.5, 0.6) is 5.75 Å². The molecule has 1 fully saturated rings. The number of phenolic OH excluding ortho intramolecular Hbond substituents is 1. The first-order chi connectivity index (χ1) is 9.02. The summed E-state index contributed by atoms with van der Waals surface area (Å²) in [4.78, 5) is 12.7. The van der Waals surface area contributed by atoms with Crippen molar-refractivity contribution in [1.82, 2.24) is 10.2 Å². The molecule has 19 heavy (non-hydrogen) atoms. The largest absolute Gasteiger partial charge is 0.506 e. The van der Waals surface area contributed by atoms with Crippen LogP contribution in [0.3, 0.4) is 0 Å². The fourth-order valence-corrected chi connectivity index (χ4v) is 2.56. The van der Waals surface area contributed by atoms with Crippen LogP contribution in [0.15, 0.2) is 12.1 Å². The van der Waals surface area contributed by atoms with Crippen molar-refractivity contribution < 1.29 is 10.0 Å². The van der Waals surface area contributed by atoms with E-state index in [9.17, 15) is 15.2 Å². The maximum atomic E-state index is 11.1. The van der Waals surface area contributed by atoms with Gasteiger partial charge in [0.25, 0.3) is 5.69 Å². The molecule has 6 nitrogen and oxygen atoms in total. The number of hydrogen-bond acceptors (Lipinski definition) is 5. The van der Waals surface area contributed by atoms with E-state index in [4.69, 9.17) is 11.6 Å². The predicted molar refractivity (Wildman–Crippen MR) is 72.6 cm³/mol. The molecule has 1 aromatic rings. The van der Waals surface area contributed by atoms with Crippen LogP contribution >= 0.6 is 11.6 Å². The highest BCUT2D eigenvalue weighted by molar-refractivity contribution is 6.32. The van der Waals surface area contributed by atoms with Gasteiger partial charge in [-0.25, -0.2) is 0 Å². The minimum absolute atomic E-state index is 0.0899. The van der Waals surface area contributed by atoms with Gasteiger partial charge in [0, 0.05) is 38.3 Å². The van der Waals surface area contributed by atoms with E-state index in [1.54, 1.807) is 0 Å². The average Bonchev–Trinajstić information content (AvgIpc) is 2.41. The maximum absolute atomic E-state index is 11.1. The highest BCUT2D eigenvalue weighted by Crippen LogP contribution is 2.40. The number of piperazine rings is 1. The van der Waals surface area contributed by atoms with E-state index in [-0.39, 0.29) is 22.5 Å². The van der Waals surface area contributed by atoms with E-state index in [1.165, 1.54) is 12.1 Å². The van der Waals surface area contributed by atoms with Crippen LogP contribution in [0.25, 0.3) is 0 Å². The molecule has 0 unspecified atom stereocenters. The molecule has 1 aromatic carbocycles. The number of nitro groups is 1. The Hall–Kier alpha value is -1.37. The van der Waals surface area contributed by atoms with Crippen LogP contribution in [-0.2, 0) is 0 Å². The molecule has 0 spiro atoms. The Morgan fingerprint density at radius 1 is 1.47 bits per heavy atom. The van der Waals surface area contributed by atoms with Crippen molar-refractivity contribution in [2.45, 2.75) is 13.0 Å². The topological polar surface area (TPSA) is 78.6 Å². The van der Waals surface area contributed by atoms with E-state index in [1.807, 2.05) is 6.92 Å². The Labute approximate surface area is 116 Å². The summed E-state index contributed by atoms with van der Waals surface area (Å²) in [6.07, 6.45) is 0. The zero-order chi connectivity index (χ0) is 14.0. The third-order valence-electron chi connectivity index (χ3n) is 3.46. The number of benzene rings is 1. The molecule has 1 atom stereocenters. The van der Waals surface area contributed by atoms with Crippen LogP contribution in [0, 0.1) is 10.1 Å². The van der Waals surface area contributed by atoms with Crippen LogP contribution in [0.2, 0.25) is 5.02 Å². The number of nitrogens with zero attached hydrogens (tertiary/aromatic N) is 2. The molecule has 7 heteroatoms. The van der Waals surface area contributed by atoms with Gasteiger partial charge in [0.05, 0.1) is 15.5 Å². The molecular weight excluding hydrogens is 270 g/mol. The lowest BCUT2D eigenvalue weighted by Crippen LogP contribution is -2.44. The molecule has 0 aromatic heterocycles. The Morgan fingerprint density at radius 3 is 2.68 bits per heavy atom. The van der Waals surface area contributed by atoms with E-state index >= 15 is 0 Å². The zero-order valence-corrected chi connectivity index (χ0v) is 11.4. The second-order valence-electron chi connectivity index (χ2n) is 4.55. The molecule has 1 aliphatic rings. The van der Waals surface area contributed by atoms with Gasteiger partial charge in [-0.3, -0.25) is 15.0 Å². The highest BCUT2D eigenvalue weighted by Gasteiger charge is 2.29. The number of nitro benzene ring substituents is 1. The van der Waals surface area contributed by atoms with Crippen molar-refractivity contribution in [3.63, 3.8) is 0 Å². The van der Waals surface area contributed by atoms with E-state index < -0.39 is 4.92 Å². The molecule has 1 heterocycles. The maximum Gasteiger partial charge on any atom is 0.278 e. The number of phenols is 1. The summed E-state index contributed by atoms with van der Waals surface area (Å²) < 4.78 is 0. The molecule has 1 saturated heterocycles. The normalized spacial score (nSPS) is 18.2. The summed E-state index contributed by atoms with van der Waals surface area (Å²) in [5, 5.41) is 24.5. The van der Waals surface area contributed by atoms with Gasteiger partial charge in [0.1, 0.15) is 5.75 Å². The second kappa shape index (κ2) is 5.73. The molecule has 0 radical (unpaired) electrons. The third-order valence-corrected chi connectivity index (χ3v) is 3.76. The monoisotopic (exact) mass is 285 g/mol. The van der Waals surface area contributed by atoms with Crippen molar-refractivity contribution in [3.8, 4) is 5.75 Å². The van der Waals surface area contributed by atoms with Gasteiger partial charge < -0.3 is 10.4 Å². The number of nitrogens with one attached hydrogen (secondary N) is 1. The lowest BCUT2D eigenvalue weighted by atomic mass is 10.0. The lowest BCUT2D eigenvalue weighted by Gasteiger charge is -2.33. The van der Waals surface area contributed by atoms with Crippen LogP contribution in [0.4, 0.5) is 5.69 Å². The zero-order valence-electron chi connectivity index (χ0n) is 10.6. The van der Waals surface area contributed by atoms with E-state index in [0.717, 1.165) is 26.2 Å². The fourth-order valence-electron chi connectivity index (χ4n) is 2.39. The van der Waals surface area contributed by atoms with Gasteiger partial charge in [-0.15, -0.1) is 0 Å². The fraction of sp³-hybridized carbons (Fsp3) is 0.500. The molecule has 1 aliphatic heterocycles. The first-order valence-corrected chi connectivity index (χ1v) is 6.50. The molecular formula is C12H16ClN3O3. The summed E-state index contributed by atoms with van der Waals surface area (Å²) in [6, 6.07) is 2.44. The molecule has 2 N–H and O–H groups in total. The number of halogens is 1. The Morgan fingerprint density at radius 2 is 2.11 bits per heavy atom. The van der Waals surface area contributed by atoms with Crippen LogP contribution < -0.4 is 5.32 Å². The third kappa shape index (κ3) is 2.80. The SMILES string of the molecule is C[C@H](c1c([N+](=O)[O-])ccc(Cl)c1O)N1CCNCC1. The van der Waals surface area contributed by atoms with Gasteiger partial charge in [-0.2, -0.15) is 0 Å². The molecule has 0 bridgehead atoms. The van der Waals surface area contributed by atoms with Gasteiger partial charge in [0.2, 0.25) is 0 Å². The summed E-state index contributed by atoms with van der Waals surface area (Å²) in [6.45, 7) is 5.08. The van der Waals surface area contributed by atoms with Gasteiger partial charge in [-0.1, -0.05) is 11.6 Å². The van der Waals surface area contributed by atoms with Crippen molar-refractivity contribution in [1.29, 1.82) is 0 Å². The molecule has 0 aliphatic carbocycles. The van der Waals surface area contributed by atoms with Crippen molar-refractivity contribution in [2.75, 3.05) is 26.2 Å². The standard InChI is InChI=1S/C12H16ClN3O3/c1-8(15-6-4-14-5-7-15)11-10(16(18)19)3-2-9(13)12(11)17/h2-3,8,14,17H,4-7H2,1H3/t8-/m1/s1. The quantitative estimate of drug-likeness (QED) is 0.655. The molecule has 104 valence electrons. The summed E-state index contributed by atoms with van der Waals surface area (Å²) >= 11 is 5.87. The van der Waals surface area contributed by atoms with Crippen molar-refractivity contribution in [2.24, 2.45) is 0 Å². The number of rotatable bonds is 3. The Balaban J connectivity index is 2.41. The van der Waals surface area contributed by atoms with Gasteiger partial charge >= 0.3 is 0 Å². The van der Waals surface area contributed by atoms with Crippen LogP contribution in [-0.4, -0.2) is 41.1 Å². The first-order valence-electron chi connectivity index (χ1n) is 6.13. The summed E-state index contributed by atoms with van der Waals surface area (Å²) in [5.41, 5.74) is 0.201. The number of aromatic hydroxyl groups is 1. The molecule has 2 rings (SSSR count). The van der Waals surface area contributed by atoms with Crippen LogP contribution in [0.1, 0.15) is 18.5 Å². The van der Waals surface area contributed by atoms with Gasteiger partial charge in [0.15, 0.2) is 0 Å². The summed E-state index contributed by atoms with van der Waals surface area (Å²) in [7, 11) is 0. The minimum Gasteiger partial charge on any atom is -0.506 e. The van der Waals surface area contributed by atoms with Gasteiger partial charge in [-0.05, 0) is 13.0 Å². The predicted octanol–water partition coefficient (Wildman–Crippen LogP) is 1.92. The average molecular weight is 286 g/mol. The summed E-state index contributed by atoms with van der Waals surface area (Å²) in [5.74, 6) is -0.193.